The molecule has 2 aromatic rings. The van der Waals surface area contributed by atoms with E-state index in [9.17, 15) is 9.18 Å². The Labute approximate surface area is 172 Å². The molecule has 5 nitrogen and oxygen atoms in total. The van der Waals surface area contributed by atoms with Crippen molar-refractivity contribution >= 4 is 11.6 Å². The molecule has 1 saturated heterocycles. The van der Waals surface area contributed by atoms with E-state index in [4.69, 9.17) is 4.74 Å². The van der Waals surface area contributed by atoms with Crippen molar-refractivity contribution in [2.75, 3.05) is 44.2 Å². The number of rotatable bonds is 9. The number of anilines is 1. The van der Waals surface area contributed by atoms with E-state index in [1.54, 1.807) is 18.2 Å². The summed E-state index contributed by atoms with van der Waals surface area (Å²) in [7, 11) is 0. The molecule has 0 aliphatic carbocycles. The molecule has 1 N–H and O–H groups in total. The number of nitrogens with zero attached hydrogens (tertiary/aromatic N) is 2. The normalized spacial score (nSPS) is 15.7. The van der Waals surface area contributed by atoms with Crippen molar-refractivity contribution in [1.29, 1.82) is 0 Å². The van der Waals surface area contributed by atoms with Gasteiger partial charge in [-0.05, 0) is 37.6 Å². The van der Waals surface area contributed by atoms with E-state index in [-0.39, 0.29) is 17.5 Å². The number of hydrogen-bond acceptors (Lipinski definition) is 4. The maximum Gasteiger partial charge on any atom is 0.220 e. The van der Waals surface area contributed by atoms with Gasteiger partial charge < -0.3 is 15.0 Å². The molecule has 29 heavy (non-hydrogen) atoms. The second-order valence-electron chi connectivity index (χ2n) is 7.39. The van der Waals surface area contributed by atoms with Gasteiger partial charge in [-0.2, -0.15) is 0 Å². The average molecular weight is 400 g/mol. The minimum absolute atomic E-state index is 0.0110. The average Bonchev–Trinajstić information content (AvgIpc) is 2.77. The molecule has 156 valence electrons. The Morgan fingerprint density at radius 1 is 1.07 bits per heavy atom. The lowest BCUT2D eigenvalue weighted by Crippen LogP contribution is -2.52. The van der Waals surface area contributed by atoms with Crippen LogP contribution in [0.1, 0.15) is 19.8 Å². The van der Waals surface area contributed by atoms with E-state index in [0.717, 1.165) is 26.2 Å². The zero-order valence-corrected chi connectivity index (χ0v) is 17.0. The highest BCUT2D eigenvalue weighted by atomic mass is 19.1. The molecule has 1 aliphatic heterocycles. The number of carbonyl (C=O) groups excluding carboxylic acids is 1. The summed E-state index contributed by atoms with van der Waals surface area (Å²) in [6.45, 7) is 7.08. The van der Waals surface area contributed by atoms with Crippen LogP contribution in [0, 0.1) is 5.82 Å². The third kappa shape index (κ3) is 6.46. The van der Waals surface area contributed by atoms with Crippen LogP contribution >= 0.6 is 0 Å². The van der Waals surface area contributed by atoms with Gasteiger partial charge in [0.2, 0.25) is 5.91 Å². The Bertz CT molecular complexity index is 764. The van der Waals surface area contributed by atoms with E-state index in [2.05, 4.69) is 46.3 Å². The van der Waals surface area contributed by atoms with Crippen LogP contribution in [0.25, 0.3) is 0 Å². The van der Waals surface area contributed by atoms with Crippen molar-refractivity contribution in [2.45, 2.75) is 25.8 Å². The zero-order valence-electron chi connectivity index (χ0n) is 17.0. The summed E-state index contributed by atoms with van der Waals surface area (Å²) in [5, 5.41) is 3.01. The van der Waals surface area contributed by atoms with E-state index < -0.39 is 0 Å². The van der Waals surface area contributed by atoms with Gasteiger partial charge >= 0.3 is 0 Å². The van der Waals surface area contributed by atoms with E-state index in [1.165, 1.54) is 11.8 Å². The van der Waals surface area contributed by atoms with Crippen LogP contribution in [-0.4, -0.2) is 56.2 Å². The molecule has 0 bridgehead atoms. The van der Waals surface area contributed by atoms with Crippen molar-refractivity contribution in [1.82, 2.24) is 10.2 Å². The molecule has 0 spiro atoms. The molecule has 3 rings (SSSR count). The summed E-state index contributed by atoms with van der Waals surface area (Å²) in [6.07, 6.45) is 0.938. The first kappa shape index (κ1) is 21.1. The minimum atomic E-state index is -0.377. The first-order chi connectivity index (χ1) is 14.1. The van der Waals surface area contributed by atoms with Gasteiger partial charge in [0, 0.05) is 50.9 Å². The molecule has 0 saturated carbocycles. The van der Waals surface area contributed by atoms with Gasteiger partial charge in [0.15, 0.2) is 11.6 Å². The van der Waals surface area contributed by atoms with Gasteiger partial charge in [0.1, 0.15) is 0 Å². The standard InChI is InChI=1S/C23H30FN3O2/c1-19(26-13-15-27(16-14-26)20-8-3-2-4-9-20)18-25-23(28)12-7-17-29-22-11-6-5-10-21(22)24/h2-6,8-11,19H,7,12-18H2,1H3,(H,25,28). The van der Waals surface area contributed by atoms with Crippen molar-refractivity contribution in [3.05, 3.63) is 60.4 Å². The number of halogens is 1. The Morgan fingerprint density at radius 2 is 1.76 bits per heavy atom. The maximum atomic E-state index is 13.5. The van der Waals surface area contributed by atoms with Crippen molar-refractivity contribution in [3.63, 3.8) is 0 Å². The van der Waals surface area contributed by atoms with Crippen LogP contribution in [0.4, 0.5) is 10.1 Å². The van der Waals surface area contributed by atoms with Crippen molar-refractivity contribution < 1.29 is 13.9 Å². The smallest absolute Gasteiger partial charge is 0.220 e. The lowest BCUT2D eigenvalue weighted by molar-refractivity contribution is -0.121. The predicted octanol–water partition coefficient (Wildman–Crippen LogP) is 3.31. The summed E-state index contributed by atoms with van der Waals surface area (Å²) in [5.74, 6) is -0.133. The second-order valence-corrected chi connectivity index (χ2v) is 7.39. The Morgan fingerprint density at radius 3 is 2.48 bits per heavy atom. The molecule has 1 unspecified atom stereocenters. The number of ether oxygens (including phenoxy) is 1. The highest BCUT2D eigenvalue weighted by Crippen LogP contribution is 2.17. The highest BCUT2D eigenvalue weighted by molar-refractivity contribution is 5.75. The molecule has 1 heterocycles. The van der Waals surface area contributed by atoms with Crippen LogP contribution in [0.5, 0.6) is 5.75 Å². The number of para-hydroxylation sites is 2. The van der Waals surface area contributed by atoms with E-state index in [0.29, 0.717) is 32.0 Å². The molecule has 0 aromatic heterocycles. The largest absolute Gasteiger partial charge is 0.491 e. The third-order valence-electron chi connectivity index (χ3n) is 5.30. The van der Waals surface area contributed by atoms with Gasteiger partial charge in [0.05, 0.1) is 6.61 Å². The molecule has 1 aliphatic rings. The number of hydrogen-bond donors (Lipinski definition) is 1. The fourth-order valence-electron chi connectivity index (χ4n) is 3.52. The zero-order chi connectivity index (χ0) is 20.5. The van der Waals surface area contributed by atoms with Crippen LogP contribution < -0.4 is 15.0 Å². The molecular formula is C23H30FN3O2. The second kappa shape index (κ2) is 10.8. The highest BCUT2D eigenvalue weighted by Gasteiger charge is 2.21. The summed E-state index contributed by atoms with van der Waals surface area (Å²) in [6, 6.07) is 17.1. The number of amides is 1. The predicted molar refractivity (Wildman–Crippen MR) is 114 cm³/mol. The van der Waals surface area contributed by atoms with Gasteiger partial charge in [-0.1, -0.05) is 30.3 Å². The molecule has 2 aromatic carbocycles. The van der Waals surface area contributed by atoms with Gasteiger partial charge in [-0.3, -0.25) is 9.69 Å². The van der Waals surface area contributed by atoms with Gasteiger partial charge in [-0.25, -0.2) is 4.39 Å². The third-order valence-corrected chi connectivity index (χ3v) is 5.30. The molecule has 1 atom stereocenters. The van der Waals surface area contributed by atoms with Crippen LogP contribution in [0.2, 0.25) is 0 Å². The summed E-state index contributed by atoms with van der Waals surface area (Å²) < 4.78 is 18.9. The first-order valence-electron chi connectivity index (χ1n) is 10.3. The SMILES string of the molecule is CC(CNC(=O)CCCOc1ccccc1F)N1CCN(c2ccccc2)CC1. The fourth-order valence-corrected chi connectivity index (χ4v) is 3.52. The monoisotopic (exact) mass is 399 g/mol. The Hall–Kier alpha value is -2.60. The van der Waals surface area contributed by atoms with E-state index in [1.807, 2.05) is 6.07 Å². The fraction of sp³-hybridized carbons (Fsp3) is 0.435. The van der Waals surface area contributed by atoms with Crippen molar-refractivity contribution in [2.24, 2.45) is 0 Å². The number of piperazine rings is 1. The maximum absolute atomic E-state index is 13.5. The summed E-state index contributed by atoms with van der Waals surface area (Å²) >= 11 is 0. The molecule has 1 fully saturated rings. The lowest BCUT2D eigenvalue weighted by Gasteiger charge is -2.39. The number of benzene rings is 2. The van der Waals surface area contributed by atoms with Crippen LogP contribution in [-0.2, 0) is 4.79 Å². The molecule has 6 heteroatoms. The molecular weight excluding hydrogens is 369 g/mol. The first-order valence-corrected chi connectivity index (χ1v) is 10.3. The van der Waals surface area contributed by atoms with E-state index >= 15 is 0 Å². The van der Waals surface area contributed by atoms with Crippen molar-refractivity contribution in [3.8, 4) is 5.75 Å². The van der Waals surface area contributed by atoms with Gasteiger partial charge in [0.25, 0.3) is 0 Å². The topological polar surface area (TPSA) is 44.8 Å². The summed E-state index contributed by atoms with van der Waals surface area (Å²) in [4.78, 5) is 16.9. The van der Waals surface area contributed by atoms with Crippen LogP contribution in [0.15, 0.2) is 54.6 Å². The Kier molecular flexibility index (Phi) is 7.87. The minimum Gasteiger partial charge on any atom is -0.491 e. The Balaban J connectivity index is 1.29. The number of nitrogens with one attached hydrogen (secondary N) is 1. The number of carbonyl (C=O) groups is 1. The summed E-state index contributed by atoms with van der Waals surface area (Å²) in [5.41, 5.74) is 1.27. The molecule has 0 radical (unpaired) electrons. The lowest BCUT2D eigenvalue weighted by atomic mass is 10.2. The molecule has 1 amide bonds. The quantitative estimate of drug-likeness (QED) is 0.657. The van der Waals surface area contributed by atoms with Gasteiger partial charge in [-0.15, -0.1) is 0 Å². The van der Waals surface area contributed by atoms with Crippen LogP contribution in [0.3, 0.4) is 0 Å².